The summed E-state index contributed by atoms with van der Waals surface area (Å²) < 4.78 is 0. The number of hydrogen-bond acceptors (Lipinski definition) is 2. The maximum atomic E-state index is 13.9. The van der Waals surface area contributed by atoms with Crippen LogP contribution in [0.1, 0.15) is 53.0 Å². The Balaban J connectivity index is 1.89. The Morgan fingerprint density at radius 2 is 1.56 bits per heavy atom. The van der Waals surface area contributed by atoms with E-state index in [1.807, 2.05) is 19.1 Å². The van der Waals surface area contributed by atoms with E-state index in [0.717, 1.165) is 5.56 Å². The smallest absolute Gasteiger partial charge is 0.257 e. The van der Waals surface area contributed by atoms with Gasteiger partial charge in [0.1, 0.15) is 6.04 Å². The Labute approximate surface area is 197 Å². The molecule has 4 rings (SSSR count). The van der Waals surface area contributed by atoms with Gasteiger partial charge in [-0.25, -0.2) is 0 Å². The lowest BCUT2D eigenvalue weighted by Gasteiger charge is -2.34. The quantitative estimate of drug-likeness (QED) is 0.466. The lowest BCUT2D eigenvalue weighted by atomic mass is 9.98. The van der Waals surface area contributed by atoms with Crippen LogP contribution in [0, 0.1) is 11.8 Å². The summed E-state index contributed by atoms with van der Waals surface area (Å²) in [5.41, 5.74) is 3.10. The minimum atomic E-state index is -0.849. The van der Waals surface area contributed by atoms with Gasteiger partial charge in [0.25, 0.3) is 11.8 Å². The van der Waals surface area contributed by atoms with Crippen molar-refractivity contribution in [1.29, 1.82) is 0 Å². The number of carbonyl (C=O) groups excluding carboxylic acids is 2. The maximum absolute atomic E-state index is 13.9. The first-order chi connectivity index (χ1) is 15.4. The number of amides is 2. The lowest BCUT2D eigenvalue weighted by molar-refractivity contribution is -0.121. The third-order valence-electron chi connectivity index (χ3n) is 5.49. The number of anilines is 1. The van der Waals surface area contributed by atoms with Gasteiger partial charge in [0.05, 0.1) is 17.3 Å². The van der Waals surface area contributed by atoms with Crippen molar-refractivity contribution in [3.05, 3.63) is 99.0 Å². The summed E-state index contributed by atoms with van der Waals surface area (Å²) in [6.45, 7) is 3.64. The van der Waals surface area contributed by atoms with E-state index in [-0.39, 0.29) is 11.8 Å². The third kappa shape index (κ3) is 4.23. The number of carbonyl (C=O) groups is 2. The van der Waals surface area contributed by atoms with Crippen LogP contribution in [-0.2, 0) is 4.79 Å². The molecular weight excluding hydrogens is 443 g/mol. The number of fused-ring (bicyclic) bond motifs is 1. The SMILES string of the molecule is CC#Cc1ccc2c(c1)C(=O)N([C@H](C)c1ccc(Cl)cc1)[C@@H](c1ccc(Cl)cc1)C(=O)N2. The van der Waals surface area contributed by atoms with E-state index in [1.165, 1.54) is 0 Å². The first-order valence-corrected chi connectivity index (χ1v) is 10.9. The van der Waals surface area contributed by atoms with Gasteiger partial charge in [-0.2, -0.15) is 0 Å². The first kappa shape index (κ1) is 22.0. The molecule has 3 aromatic rings. The van der Waals surface area contributed by atoms with Crippen molar-refractivity contribution in [2.24, 2.45) is 0 Å². The highest BCUT2D eigenvalue weighted by atomic mass is 35.5. The van der Waals surface area contributed by atoms with Crippen molar-refractivity contribution in [2.75, 3.05) is 5.32 Å². The summed E-state index contributed by atoms with van der Waals surface area (Å²) in [5, 5.41) is 4.08. The molecule has 0 bridgehead atoms. The Hall–Kier alpha value is -3.26. The summed E-state index contributed by atoms with van der Waals surface area (Å²) in [7, 11) is 0. The molecule has 0 saturated heterocycles. The van der Waals surface area contributed by atoms with Crippen molar-refractivity contribution >= 4 is 40.7 Å². The van der Waals surface area contributed by atoms with E-state index in [0.29, 0.717) is 32.4 Å². The van der Waals surface area contributed by atoms with Crippen LogP contribution in [0.2, 0.25) is 10.0 Å². The van der Waals surface area contributed by atoms with E-state index in [4.69, 9.17) is 23.2 Å². The maximum Gasteiger partial charge on any atom is 0.257 e. The fraction of sp³-hybridized carbons (Fsp3) is 0.154. The molecule has 1 heterocycles. The number of nitrogens with one attached hydrogen (secondary N) is 1. The van der Waals surface area contributed by atoms with Crippen molar-refractivity contribution in [1.82, 2.24) is 4.90 Å². The Morgan fingerprint density at radius 1 is 0.938 bits per heavy atom. The Bertz CT molecular complexity index is 1240. The summed E-state index contributed by atoms with van der Waals surface area (Å²) in [5.74, 6) is 5.27. The van der Waals surface area contributed by atoms with Crippen molar-refractivity contribution in [2.45, 2.75) is 25.9 Å². The fourth-order valence-electron chi connectivity index (χ4n) is 3.89. The zero-order chi connectivity index (χ0) is 22.8. The highest BCUT2D eigenvalue weighted by molar-refractivity contribution is 6.30. The monoisotopic (exact) mass is 462 g/mol. The molecule has 0 saturated carbocycles. The first-order valence-electron chi connectivity index (χ1n) is 10.1. The highest BCUT2D eigenvalue weighted by Gasteiger charge is 2.39. The van der Waals surface area contributed by atoms with E-state index < -0.39 is 12.1 Å². The molecule has 6 heteroatoms. The van der Waals surface area contributed by atoms with Crippen LogP contribution < -0.4 is 5.32 Å². The van der Waals surface area contributed by atoms with Crippen molar-refractivity contribution in [3.63, 3.8) is 0 Å². The highest BCUT2D eigenvalue weighted by Crippen LogP contribution is 2.38. The number of hydrogen-bond donors (Lipinski definition) is 1. The summed E-state index contributed by atoms with van der Waals surface area (Å²) in [4.78, 5) is 28.9. The molecule has 0 radical (unpaired) electrons. The van der Waals surface area contributed by atoms with Crippen LogP contribution in [0.5, 0.6) is 0 Å². The van der Waals surface area contributed by atoms with Crippen LogP contribution in [0.25, 0.3) is 0 Å². The van der Waals surface area contributed by atoms with Gasteiger partial charge in [-0.15, -0.1) is 5.92 Å². The molecule has 2 amide bonds. The molecule has 4 nitrogen and oxygen atoms in total. The van der Waals surface area contributed by atoms with Gasteiger partial charge in [0.15, 0.2) is 0 Å². The van der Waals surface area contributed by atoms with E-state index in [9.17, 15) is 9.59 Å². The fourth-order valence-corrected chi connectivity index (χ4v) is 4.15. The predicted molar refractivity (Wildman–Crippen MR) is 128 cm³/mol. The van der Waals surface area contributed by atoms with E-state index in [1.54, 1.807) is 66.4 Å². The van der Waals surface area contributed by atoms with Crippen molar-refractivity contribution in [3.8, 4) is 11.8 Å². The molecule has 32 heavy (non-hydrogen) atoms. The summed E-state index contributed by atoms with van der Waals surface area (Å²) >= 11 is 12.1. The molecule has 0 spiro atoms. The average molecular weight is 463 g/mol. The van der Waals surface area contributed by atoms with Crippen LogP contribution in [0.3, 0.4) is 0 Å². The van der Waals surface area contributed by atoms with E-state index in [2.05, 4.69) is 17.2 Å². The molecule has 0 unspecified atom stereocenters. The van der Waals surface area contributed by atoms with Crippen molar-refractivity contribution < 1.29 is 9.59 Å². The molecule has 2 atom stereocenters. The minimum Gasteiger partial charge on any atom is -0.323 e. The zero-order valence-electron chi connectivity index (χ0n) is 17.5. The molecule has 1 aliphatic rings. The summed E-state index contributed by atoms with van der Waals surface area (Å²) in [6.07, 6.45) is 0. The average Bonchev–Trinajstić information content (AvgIpc) is 2.89. The Morgan fingerprint density at radius 3 is 2.19 bits per heavy atom. The number of benzene rings is 3. The molecule has 1 aliphatic heterocycles. The van der Waals surface area contributed by atoms with Crippen LogP contribution >= 0.6 is 23.2 Å². The van der Waals surface area contributed by atoms with Crippen LogP contribution in [0.15, 0.2) is 66.7 Å². The number of nitrogens with zero attached hydrogens (tertiary/aromatic N) is 1. The minimum absolute atomic E-state index is 0.263. The normalized spacial score (nSPS) is 16.4. The third-order valence-corrected chi connectivity index (χ3v) is 6.00. The molecule has 160 valence electrons. The number of halogens is 2. The lowest BCUT2D eigenvalue weighted by Crippen LogP contribution is -2.40. The molecule has 1 N–H and O–H groups in total. The number of rotatable bonds is 3. The largest absolute Gasteiger partial charge is 0.323 e. The molecular formula is C26H20Cl2N2O2. The predicted octanol–water partition coefficient (Wildman–Crippen LogP) is 6.26. The van der Waals surface area contributed by atoms with Gasteiger partial charge in [0, 0.05) is 15.6 Å². The van der Waals surface area contributed by atoms with Gasteiger partial charge < -0.3 is 10.2 Å². The van der Waals surface area contributed by atoms with Gasteiger partial charge in [-0.05, 0) is 67.4 Å². The Kier molecular flexibility index (Phi) is 6.23. The standard InChI is InChI=1S/C26H20Cl2N2O2/c1-3-4-17-5-14-23-22(15-17)26(32)30(16(2)18-6-10-20(27)11-7-18)24(25(31)29-23)19-8-12-21(28)13-9-19/h5-16,24H,1-2H3,(H,29,31)/t16-,24+/m1/s1. The van der Waals surface area contributed by atoms with Gasteiger partial charge in [-0.1, -0.05) is 53.4 Å². The van der Waals surface area contributed by atoms with E-state index >= 15 is 0 Å². The second-order valence-corrected chi connectivity index (χ2v) is 8.39. The second kappa shape index (κ2) is 9.08. The molecule has 0 aromatic heterocycles. The second-order valence-electron chi connectivity index (χ2n) is 7.52. The van der Waals surface area contributed by atoms with Gasteiger partial charge >= 0.3 is 0 Å². The van der Waals surface area contributed by atoms with Gasteiger partial charge in [-0.3, -0.25) is 9.59 Å². The van der Waals surface area contributed by atoms with Gasteiger partial charge in [0.2, 0.25) is 0 Å². The van der Waals surface area contributed by atoms with Crippen LogP contribution in [-0.4, -0.2) is 16.7 Å². The zero-order valence-corrected chi connectivity index (χ0v) is 19.0. The topological polar surface area (TPSA) is 49.4 Å². The van der Waals surface area contributed by atoms with Crippen LogP contribution in [0.4, 0.5) is 5.69 Å². The molecule has 0 fully saturated rings. The summed E-state index contributed by atoms with van der Waals surface area (Å²) in [6, 6.07) is 18.2. The molecule has 3 aromatic carbocycles. The molecule has 0 aliphatic carbocycles.